The second-order valence-corrected chi connectivity index (χ2v) is 3.46. The van der Waals surface area contributed by atoms with Crippen molar-refractivity contribution >= 4 is 21.9 Å². The molecular formula is C6H11BrO3. The molecule has 60 valence electrons. The molecule has 10 heavy (non-hydrogen) atoms. The molecule has 1 atom stereocenters. The fourth-order valence-electron chi connectivity index (χ4n) is 0.367. The van der Waals surface area contributed by atoms with E-state index in [1.807, 2.05) is 6.92 Å². The van der Waals surface area contributed by atoms with Gasteiger partial charge < -0.3 is 9.47 Å². The highest BCUT2D eigenvalue weighted by atomic mass is 79.9. The number of hydrogen-bond acceptors (Lipinski definition) is 3. The van der Waals surface area contributed by atoms with Crippen LogP contribution >= 0.6 is 15.9 Å². The van der Waals surface area contributed by atoms with Gasteiger partial charge in [-0.15, -0.1) is 0 Å². The maximum atomic E-state index is 10.6. The number of alkyl halides is 1. The molecule has 0 N–H and O–H groups in total. The zero-order chi connectivity index (χ0) is 7.98. The van der Waals surface area contributed by atoms with E-state index in [-0.39, 0.29) is 17.4 Å². The number of halogens is 1. The van der Waals surface area contributed by atoms with E-state index in [0.29, 0.717) is 6.61 Å². The van der Waals surface area contributed by atoms with Crippen molar-refractivity contribution in [2.24, 2.45) is 0 Å². The van der Waals surface area contributed by atoms with Gasteiger partial charge in [-0.3, -0.25) is 0 Å². The lowest BCUT2D eigenvalue weighted by molar-refractivity contribution is -0.147. The van der Waals surface area contributed by atoms with Crippen LogP contribution in [0.3, 0.4) is 0 Å². The zero-order valence-corrected chi connectivity index (χ0v) is 7.68. The Hall–Kier alpha value is -0.0900. The van der Waals surface area contributed by atoms with Crippen molar-refractivity contribution in [3.8, 4) is 0 Å². The summed E-state index contributed by atoms with van der Waals surface area (Å²) in [6.07, 6.45) is 0. The lowest BCUT2D eigenvalue weighted by Gasteiger charge is -2.04. The van der Waals surface area contributed by atoms with Crippen molar-refractivity contribution in [3.05, 3.63) is 0 Å². The van der Waals surface area contributed by atoms with Gasteiger partial charge in [-0.25, -0.2) is 4.79 Å². The van der Waals surface area contributed by atoms with Crippen LogP contribution in [0.5, 0.6) is 0 Å². The van der Waals surface area contributed by atoms with Crippen molar-refractivity contribution in [2.75, 3.05) is 20.3 Å². The van der Waals surface area contributed by atoms with E-state index in [9.17, 15) is 4.79 Å². The molecule has 0 aliphatic carbocycles. The molecule has 0 rings (SSSR count). The van der Waals surface area contributed by atoms with E-state index in [1.165, 1.54) is 7.11 Å². The third-order valence-electron chi connectivity index (χ3n) is 0.736. The Morgan fingerprint density at radius 1 is 1.70 bits per heavy atom. The van der Waals surface area contributed by atoms with Gasteiger partial charge in [0.15, 0.2) is 0 Å². The molecule has 3 nitrogen and oxygen atoms in total. The summed E-state index contributed by atoms with van der Waals surface area (Å²) in [5, 5.41) is 0. The summed E-state index contributed by atoms with van der Waals surface area (Å²) >= 11 is 3.24. The molecule has 0 spiro atoms. The summed E-state index contributed by atoms with van der Waals surface area (Å²) in [4.78, 5) is 10.8. The van der Waals surface area contributed by atoms with Gasteiger partial charge in [0.2, 0.25) is 0 Å². The van der Waals surface area contributed by atoms with Crippen LogP contribution in [-0.2, 0) is 14.3 Å². The van der Waals surface area contributed by atoms with Gasteiger partial charge >= 0.3 is 5.97 Å². The first-order valence-electron chi connectivity index (χ1n) is 2.95. The third-order valence-corrected chi connectivity index (χ3v) is 1.00. The van der Waals surface area contributed by atoms with Crippen LogP contribution in [0.1, 0.15) is 6.92 Å². The Labute approximate surface area is 68.8 Å². The van der Waals surface area contributed by atoms with Gasteiger partial charge in [0.1, 0.15) is 13.2 Å². The van der Waals surface area contributed by atoms with E-state index < -0.39 is 0 Å². The molecule has 0 amide bonds. The normalized spacial score (nSPS) is 12.7. The van der Waals surface area contributed by atoms with Crippen molar-refractivity contribution in [1.82, 2.24) is 0 Å². The minimum Gasteiger partial charge on any atom is -0.463 e. The maximum absolute atomic E-state index is 10.6. The minimum atomic E-state index is -0.325. The average molecular weight is 211 g/mol. The van der Waals surface area contributed by atoms with Crippen LogP contribution in [-0.4, -0.2) is 31.1 Å². The smallest absolute Gasteiger partial charge is 0.332 e. The van der Waals surface area contributed by atoms with Gasteiger partial charge in [0.05, 0.1) is 0 Å². The first-order chi connectivity index (χ1) is 4.66. The summed E-state index contributed by atoms with van der Waals surface area (Å²) in [5.74, 6) is -0.325. The Balaban J connectivity index is 3.22. The van der Waals surface area contributed by atoms with Crippen LogP contribution < -0.4 is 0 Å². The molecule has 0 heterocycles. The molecule has 0 aromatic rings. The van der Waals surface area contributed by atoms with Crippen molar-refractivity contribution < 1.29 is 14.3 Å². The molecule has 0 saturated carbocycles. The number of ether oxygens (including phenoxy) is 2. The largest absolute Gasteiger partial charge is 0.463 e. The third kappa shape index (κ3) is 6.04. The van der Waals surface area contributed by atoms with Crippen molar-refractivity contribution in [3.63, 3.8) is 0 Å². The standard InChI is InChI=1S/C6H11BrO3/c1-5(7)3-10-6(8)4-9-2/h5H,3-4H2,1-2H3. The van der Waals surface area contributed by atoms with Crippen LogP contribution in [0.25, 0.3) is 0 Å². The quantitative estimate of drug-likeness (QED) is 0.513. The predicted octanol–water partition coefficient (Wildman–Crippen LogP) is 0.959. The van der Waals surface area contributed by atoms with E-state index >= 15 is 0 Å². The summed E-state index contributed by atoms with van der Waals surface area (Å²) < 4.78 is 9.28. The Kier molecular flexibility index (Phi) is 5.63. The molecule has 0 saturated heterocycles. The lowest BCUT2D eigenvalue weighted by atomic mass is 10.5. The Morgan fingerprint density at radius 2 is 2.30 bits per heavy atom. The summed E-state index contributed by atoms with van der Waals surface area (Å²) in [7, 11) is 1.46. The minimum absolute atomic E-state index is 0.0275. The first-order valence-corrected chi connectivity index (χ1v) is 3.87. The van der Waals surface area contributed by atoms with Gasteiger partial charge in [-0.05, 0) is 6.92 Å². The monoisotopic (exact) mass is 210 g/mol. The number of methoxy groups -OCH3 is 1. The molecule has 0 aromatic carbocycles. The SMILES string of the molecule is COCC(=O)OCC(C)Br. The summed E-state index contributed by atoms with van der Waals surface area (Å²) in [5.41, 5.74) is 0. The number of hydrogen-bond donors (Lipinski definition) is 0. The summed E-state index contributed by atoms with van der Waals surface area (Å²) in [6, 6.07) is 0. The van der Waals surface area contributed by atoms with Crippen LogP contribution in [0.4, 0.5) is 0 Å². The van der Waals surface area contributed by atoms with Gasteiger partial charge in [-0.1, -0.05) is 15.9 Å². The highest BCUT2D eigenvalue weighted by Gasteiger charge is 2.02. The van der Waals surface area contributed by atoms with Gasteiger partial charge in [0.25, 0.3) is 0 Å². The predicted molar refractivity (Wildman–Crippen MR) is 41.2 cm³/mol. The lowest BCUT2D eigenvalue weighted by Crippen LogP contribution is -2.15. The molecule has 0 bridgehead atoms. The van der Waals surface area contributed by atoms with E-state index in [0.717, 1.165) is 0 Å². The number of carbonyl (C=O) groups is 1. The fourth-order valence-corrected chi connectivity index (χ4v) is 0.499. The van der Waals surface area contributed by atoms with Crippen LogP contribution in [0.15, 0.2) is 0 Å². The molecular weight excluding hydrogens is 200 g/mol. The summed E-state index contributed by atoms with van der Waals surface area (Å²) in [6.45, 7) is 2.32. The maximum Gasteiger partial charge on any atom is 0.332 e. The topological polar surface area (TPSA) is 35.5 Å². The molecule has 0 aliphatic heterocycles. The molecule has 1 unspecified atom stereocenters. The highest BCUT2D eigenvalue weighted by molar-refractivity contribution is 9.09. The van der Waals surface area contributed by atoms with Crippen molar-refractivity contribution in [1.29, 1.82) is 0 Å². The molecule has 0 radical (unpaired) electrons. The Bertz CT molecular complexity index is 103. The number of carbonyl (C=O) groups excluding carboxylic acids is 1. The molecule has 0 fully saturated rings. The van der Waals surface area contributed by atoms with E-state index in [2.05, 4.69) is 20.7 Å². The first kappa shape index (κ1) is 9.91. The van der Waals surface area contributed by atoms with Gasteiger partial charge in [-0.2, -0.15) is 0 Å². The molecule has 0 aromatic heterocycles. The molecule has 4 heteroatoms. The van der Waals surface area contributed by atoms with Crippen LogP contribution in [0.2, 0.25) is 0 Å². The Morgan fingerprint density at radius 3 is 2.70 bits per heavy atom. The second-order valence-electron chi connectivity index (χ2n) is 1.90. The molecule has 0 aliphatic rings. The van der Waals surface area contributed by atoms with Crippen LogP contribution in [0, 0.1) is 0 Å². The average Bonchev–Trinajstić information content (AvgIpc) is 1.85. The highest BCUT2D eigenvalue weighted by Crippen LogP contribution is 1.97. The van der Waals surface area contributed by atoms with Gasteiger partial charge in [0, 0.05) is 11.9 Å². The number of esters is 1. The fraction of sp³-hybridized carbons (Fsp3) is 0.833. The zero-order valence-electron chi connectivity index (χ0n) is 6.09. The van der Waals surface area contributed by atoms with Crippen molar-refractivity contribution in [2.45, 2.75) is 11.8 Å². The van der Waals surface area contributed by atoms with E-state index in [1.54, 1.807) is 0 Å². The second kappa shape index (κ2) is 5.68. The van der Waals surface area contributed by atoms with E-state index in [4.69, 9.17) is 4.74 Å². The number of rotatable bonds is 4.